The van der Waals surface area contributed by atoms with E-state index in [1.807, 2.05) is 0 Å². The highest BCUT2D eigenvalue weighted by Crippen LogP contribution is 2.12. The average molecular weight is 267 g/mol. The Morgan fingerprint density at radius 2 is 2.00 bits per heavy atom. The van der Waals surface area contributed by atoms with Crippen molar-refractivity contribution >= 4 is 5.91 Å². The molecule has 2 heterocycles. The molecule has 0 bridgehead atoms. The number of hydrogen-bond donors (Lipinski definition) is 1. The van der Waals surface area contributed by atoms with Gasteiger partial charge in [-0.2, -0.15) is 0 Å². The molecular weight excluding hydrogens is 238 g/mol. The SMILES string of the molecule is CC(C)CCN1CCN(C(=O)CC2CCCN2)CC1. The maximum Gasteiger partial charge on any atom is 0.224 e. The summed E-state index contributed by atoms with van der Waals surface area (Å²) in [4.78, 5) is 16.8. The summed E-state index contributed by atoms with van der Waals surface area (Å²) in [6, 6.07) is 0.437. The normalized spacial score (nSPS) is 25.2. The third-order valence-corrected chi connectivity index (χ3v) is 4.33. The van der Waals surface area contributed by atoms with Crippen molar-refractivity contribution in [3.63, 3.8) is 0 Å². The van der Waals surface area contributed by atoms with Crippen LogP contribution >= 0.6 is 0 Å². The molecule has 0 aromatic carbocycles. The van der Waals surface area contributed by atoms with E-state index in [0.29, 0.717) is 18.4 Å². The molecule has 0 radical (unpaired) electrons. The maximum absolute atomic E-state index is 12.2. The highest BCUT2D eigenvalue weighted by atomic mass is 16.2. The van der Waals surface area contributed by atoms with Crippen LogP contribution in [-0.2, 0) is 4.79 Å². The second-order valence-electron chi connectivity index (χ2n) is 6.40. The van der Waals surface area contributed by atoms with Crippen LogP contribution in [0, 0.1) is 5.92 Å². The van der Waals surface area contributed by atoms with Crippen LogP contribution in [0.4, 0.5) is 0 Å². The molecule has 19 heavy (non-hydrogen) atoms. The van der Waals surface area contributed by atoms with Crippen molar-refractivity contribution in [2.24, 2.45) is 5.92 Å². The smallest absolute Gasteiger partial charge is 0.224 e. The largest absolute Gasteiger partial charge is 0.340 e. The molecule has 0 aromatic heterocycles. The molecule has 1 amide bonds. The number of amides is 1. The first kappa shape index (κ1) is 14.8. The van der Waals surface area contributed by atoms with E-state index < -0.39 is 0 Å². The minimum Gasteiger partial charge on any atom is -0.340 e. The lowest BCUT2D eigenvalue weighted by molar-refractivity contribution is -0.133. The van der Waals surface area contributed by atoms with Crippen molar-refractivity contribution in [2.75, 3.05) is 39.3 Å². The van der Waals surface area contributed by atoms with E-state index in [9.17, 15) is 4.79 Å². The molecule has 4 heteroatoms. The molecule has 0 aliphatic carbocycles. The summed E-state index contributed by atoms with van der Waals surface area (Å²) in [5.74, 6) is 1.12. The zero-order chi connectivity index (χ0) is 13.7. The fourth-order valence-electron chi connectivity index (χ4n) is 2.93. The predicted molar refractivity (Wildman–Crippen MR) is 78.1 cm³/mol. The van der Waals surface area contributed by atoms with E-state index in [1.165, 1.54) is 25.8 Å². The Labute approximate surface area is 117 Å². The highest BCUT2D eigenvalue weighted by molar-refractivity contribution is 5.77. The minimum atomic E-state index is 0.350. The summed E-state index contributed by atoms with van der Waals surface area (Å²) in [6.45, 7) is 10.8. The molecule has 110 valence electrons. The molecule has 2 fully saturated rings. The lowest BCUT2D eigenvalue weighted by Gasteiger charge is -2.35. The van der Waals surface area contributed by atoms with E-state index >= 15 is 0 Å². The monoisotopic (exact) mass is 267 g/mol. The van der Waals surface area contributed by atoms with Gasteiger partial charge in [0.1, 0.15) is 0 Å². The van der Waals surface area contributed by atoms with Gasteiger partial charge < -0.3 is 10.2 Å². The van der Waals surface area contributed by atoms with Crippen molar-refractivity contribution in [1.82, 2.24) is 15.1 Å². The van der Waals surface area contributed by atoms with Crippen LogP contribution in [0.5, 0.6) is 0 Å². The summed E-state index contributed by atoms with van der Waals surface area (Å²) in [6.07, 6.45) is 4.35. The Morgan fingerprint density at radius 3 is 2.58 bits per heavy atom. The molecule has 0 aromatic rings. The zero-order valence-corrected chi connectivity index (χ0v) is 12.5. The van der Waals surface area contributed by atoms with Gasteiger partial charge in [0.25, 0.3) is 0 Å². The molecule has 1 N–H and O–H groups in total. The minimum absolute atomic E-state index is 0.350. The van der Waals surface area contributed by atoms with Crippen LogP contribution in [0.25, 0.3) is 0 Å². The number of carbonyl (C=O) groups excluding carboxylic acids is 1. The molecule has 2 aliphatic rings. The first-order valence-electron chi connectivity index (χ1n) is 7.88. The van der Waals surface area contributed by atoms with Gasteiger partial charge in [-0.15, -0.1) is 0 Å². The molecule has 1 atom stereocenters. The number of hydrogen-bond acceptors (Lipinski definition) is 3. The molecule has 2 rings (SSSR count). The van der Waals surface area contributed by atoms with Crippen molar-refractivity contribution in [2.45, 2.75) is 45.6 Å². The maximum atomic E-state index is 12.2. The molecule has 2 aliphatic heterocycles. The van der Waals surface area contributed by atoms with Gasteiger partial charge >= 0.3 is 0 Å². The summed E-state index contributed by atoms with van der Waals surface area (Å²) < 4.78 is 0. The molecule has 0 saturated carbocycles. The zero-order valence-electron chi connectivity index (χ0n) is 12.5. The summed E-state index contributed by atoms with van der Waals surface area (Å²) >= 11 is 0. The number of rotatable bonds is 5. The lowest BCUT2D eigenvalue weighted by Crippen LogP contribution is -2.49. The standard InChI is InChI=1S/C15H29N3O/c1-13(2)5-7-17-8-10-18(11-9-17)15(19)12-14-4-3-6-16-14/h13-14,16H,3-12H2,1-2H3. The highest BCUT2D eigenvalue weighted by Gasteiger charge is 2.24. The Hall–Kier alpha value is -0.610. The summed E-state index contributed by atoms with van der Waals surface area (Å²) in [5, 5.41) is 3.41. The Morgan fingerprint density at radius 1 is 1.26 bits per heavy atom. The number of nitrogens with one attached hydrogen (secondary N) is 1. The van der Waals surface area contributed by atoms with Gasteiger partial charge in [-0.05, 0) is 38.3 Å². The van der Waals surface area contributed by atoms with Crippen LogP contribution in [0.3, 0.4) is 0 Å². The van der Waals surface area contributed by atoms with E-state index in [2.05, 4.69) is 29.0 Å². The molecule has 4 nitrogen and oxygen atoms in total. The Balaban J connectivity index is 1.65. The second kappa shape index (κ2) is 7.25. The van der Waals surface area contributed by atoms with Gasteiger partial charge in [0.05, 0.1) is 0 Å². The van der Waals surface area contributed by atoms with Crippen molar-refractivity contribution in [1.29, 1.82) is 0 Å². The topological polar surface area (TPSA) is 35.6 Å². The summed E-state index contributed by atoms with van der Waals surface area (Å²) in [7, 11) is 0. The van der Waals surface area contributed by atoms with Gasteiger partial charge in [-0.25, -0.2) is 0 Å². The van der Waals surface area contributed by atoms with Crippen molar-refractivity contribution < 1.29 is 4.79 Å². The van der Waals surface area contributed by atoms with Gasteiger partial charge in [0.2, 0.25) is 5.91 Å². The first-order valence-corrected chi connectivity index (χ1v) is 7.88. The fourth-order valence-corrected chi connectivity index (χ4v) is 2.93. The molecule has 0 spiro atoms. The van der Waals surface area contributed by atoms with Crippen LogP contribution < -0.4 is 5.32 Å². The number of carbonyl (C=O) groups is 1. The van der Waals surface area contributed by atoms with E-state index in [-0.39, 0.29) is 0 Å². The number of nitrogens with zero attached hydrogens (tertiary/aromatic N) is 2. The van der Waals surface area contributed by atoms with Crippen LogP contribution in [-0.4, -0.2) is 61.0 Å². The summed E-state index contributed by atoms with van der Waals surface area (Å²) in [5.41, 5.74) is 0. The fraction of sp³-hybridized carbons (Fsp3) is 0.933. The lowest BCUT2D eigenvalue weighted by atomic mass is 10.1. The number of piperazine rings is 1. The van der Waals surface area contributed by atoms with Crippen LogP contribution in [0.1, 0.15) is 39.5 Å². The van der Waals surface area contributed by atoms with Crippen LogP contribution in [0.2, 0.25) is 0 Å². The van der Waals surface area contributed by atoms with Crippen molar-refractivity contribution in [3.8, 4) is 0 Å². The average Bonchev–Trinajstić information content (AvgIpc) is 2.89. The molecular formula is C15H29N3O. The van der Waals surface area contributed by atoms with Gasteiger partial charge in [0.15, 0.2) is 0 Å². The first-order chi connectivity index (χ1) is 9.15. The van der Waals surface area contributed by atoms with Crippen LogP contribution in [0.15, 0.2) is 0 Å². The quantitative estimate of drug-likeness (QED) is 0.816. The predicted octanol–water partition coefficient (Wildman–Crippen LogP) is 1.32. The third kappa shape index (κ3) is 4.77. The molecule has 2 saturated heterocycles. The third-order valence-electron chi connectivity index (χ3n) is 4.33. The van der Waals surface area contributed by atoms with E-state index in [4.69, 9.17) is 0 Å². The Bertz CT molecular complexity index is 279. The second-order valence-corrected chi connectivity index (χ2v) is 6.40. The van der Waals surface area contributed by atoms with E-state index in [0.717, 1.165) is 38.6 Å². The van der Waals surface area contributed by atoms with Crippen molar-refractivity contribution in [3.05, 3.63) is 0 Å². The van der Waals surface area contributed by atoms with E-state index in [1.54, 1.807) is 0 Å². The van der Waals surface area contributed by atoms with Gasteiger partial charge in [-0.3, -0.25) is 9.69 Å². The van der Waals surface area contributed by atoms with Gasteiger partial charge in [0, 0.05) is 38.6 Å². The Kier molecular flexibility index (Phi) is 5.64. The van der Waals surface area contributed by atoms with Gasteiger partial charge in [-0.1, -0.05) is 13.8 Å². The molecule has 1 unspecified atom stereocenters.